The number of hydrogen-bond acceptors (Lipinski definition) is 3. The molecule has 150 valence electrons. The van der Waals surface area contributed by atoms with Crippen molar-refractivity contribution in [1.82, 2.24) is 15.3 Å². The van der Waals surface area contributed by atoms with Gasteiger partial charge in [-0.05, 0) is 73.7 Å². The highest BCUT2D eigenvalue weighted by molar-refractivity contribution is 5.91. The Kier molecular flexibility index (Phi) is 5.76. The maximum Gasteiger partial charge on any atom is 0.224 e. The minimum absolute atomic E-state index is 0.0354. The van der Waals surface area contributed by atoms with Gasteiger partial charge in [0.05, 0.1) is 12.2 Å². The molecule has 2 aromatic carbocycles. The fourth-order valence-corrected chi connectivity index (χ4v) is 4.20. The van der Waals surface area contributed by atoms with Crippen molar-refractivity contribution in [2.24, 2.45) is 5.92 Å². The maximum atomic E-state index is 12.5. The second-order valence-electron chi connectivity index (χ2n) is 7.97. The zero-order chi connectivity index (χ0) is 20.2. The Hall–Kier alpha value is -2.92. The van der Waals surface area contributed by atoms with Crippen molar-refractivity contribution in [2.75, 3.05) is 18.4 Å². The molecule has 0 saturated carbocycles. The highest BCUT2D eigenvalue weighted by atomic mass is 16.1. The fraction of sp³-hybridized carbons (Fsp3) is 0.333. The zero-order valence-electron chi connectivity index (χ0n) is 17.0. The molecule has 5 nitrogen and oxygen atoms in total. The van der Waals surface area contributed by atoms with Gasteiger partial charge >= 0.3 is 0 Å². The molecule has 1 fully saturated rings. The van der Waals surface area contributed by atoms with E-state index in [0.29, 0.717) is 12.3 Å². The highest BCUT2D eigenvalue weighted by Gasteiger charge is 2.22. The summed E-state index contributed by atoms with van der Waals surface area (Å²) in [7, 11) is 0. The predicted octanol–water partition coefficient (Wildman–Crippen LogP) is 4.14. The van der Waals surface area contributed by atoms with Crippen LogP contribution in [0.1, 0.15) is 46.7 Å². The first-order chi connectivity index (χ1) is 14.1. The van der Waals surface area contributed by atoms with Gasteiger partial charge in [0, 0.05) is 24.0 Å². The molecule has 0 radical (unpaired) electrons. The normalized spacial score (nSPS) is 17.2. The molecule has 2 heterocycles. The van der Waals surface area contributed by atoms with E-state index in [-0.39, 0.29) is 11.8 Å². The van der Waals surface area contributed by atoms with Crippen LogP contribution in [0.3, 0.4) is 0 Å². The molecule has 0 bridgehead atoms. The molecule has 1 saturated heterocycles. The number of aryl methyl sites for hydroxylation is 1. The van der Waals surface area contributed by atoms with Crippen LogP contribution in [0.15, 0.2) is 55.0 Å². The van der Waals surface area contributed by atoms with Crippen LogP contribution in [0.25, 0.3) is 0 Å². The van der Waals surface area contributed by atoms with Crippen molar-refractivity contribution >= 4 is 11.6 Å². The third kappa shape index (κ3) is 4.40. The van der Waals surface area contributed by atoms with Gasteiger partial charge < -0.3 is 15.6 Å². The Morgan fingerprint density at radius 1 is 1.24 bits per heavy atom. The molecule has 29 heavy (non-hydrogen) atoms. The molecule has 0 spiro atoms. The molecular weight excluding hydrogens is 360 g/mol. The number of imidazole rings is 1. The number of benzene rings is 2. The summed E-state index contributed by atoms with van der Waals surface area (Å²) in [5.41, 5.74) is 6.79. The van der Waals surface area contributed by atoms with Gasteiger partial charge in [0.2, 0.25) is 5.91 Å². The topological polar surface area (TPSA) is 69.8 Å². The van der Waals surface area contributed by atoms with E-state index in [1.165, 1.54) is 16.7 Å². The van der Waals surface area contributed by atoms with Crippen molar-refractivity contribution < 1.29 is 4.79 Å². The summed E-state index contributed by atoms with van der Waals surface area (Å²) in [6.07, 6.45) is 5.24. The van der Waals surface area contributed by atoms with Crippen molar-refractivity contribution in [3.05, 3.63) is 82.9 Å². The van der Waals surface area contributed by atoms with Gasteiger partial charge in [0.1, 0.15) is 0 Å². The molecule has 0 aliphatic carbocycles. The molecule has 3 N–H and O–H groups in total. The second-order valence-corrected chi connectivity index (χ2v) is 7.97. The molecule has 1 aromatic heterocycles. The largest absolute Gasteiger partial charge is 0.348 e. The summed E-state index contributed by atoms with van der Waals surface area (Å²) < 4.78 is 0. The molecule has 5 heteroatoms. The first kappa shape index (κ1) is 19.4. The Morgan fingerprint density at radius 2 is 2.10 bits per heavy atom. The number of hydrogen-bond donors (Lipinski definition) is 3. The number of rotatable bonds is 6. The van der Waals surface area contributed by atoms with Gasteiger partial charge in [-0.15, -0.1) is 0 Å². The molecule has 1 aliphatic heterocycles. The third-order valence-corrected chi connectivity index (χ3v) is 5.93. The van der Waals surface area contributed by atoms with Crippen molar-refractivity contribution in [3.63, 3.8) is 0 Å². The number of H-pyrrole nitrogens is 1. The molecule has 4 rings (SSSR count). The van der Waals surface area contributed by atoms with Crippen LogP contribution in [-0.2, 0) is 4.79 Å². The Balaban J connectivity index is 1.62. The van der Waals surface area contributed by atoms with Crippen LogP contribution in [0, 0.1) is 19.8 Å². The number of anilines is 1. The van der Waals surface area contributed by atoms with Crippen molar-refractivity contribution in [1.29, 1.82) is 0 Å². The minimum Gasteiger partial charge on any atom is -0.348 e. The summed E-state index contributed by atoms with van der Waals surface area (Å²) in [5.74, 6) is 0.555. The smallest absolute Gasteiger partial charge is 0.224 e. The average molecular weight is 389 g/mol. The van der Waals surface area contributed by atoms with E-state index in [4.69, 9.17) is 0 Å². The van der Waals surface area contributed by atoms with E-state index in [9.17, 15) is 4.79 Å². The Bertz CT molecular complexity index is 974. The van der Waals surface area contributed by atoms with E-state index < -0.39 is 0 Å². The number of nitrogens with zero attached hydrogens (tertiary/aromatic N) is 1. The quantitative estimate of drug-likeness (QED) is 0.594. The van der Waals surface area contributed by atoms with Crippen molar-refractivity contribution in [2.45, 2.75) is 32.6 Å². The molecule has 1 aliphatic rings. The number of amides is 1. The van der Waals surface area contributed by atoms with E-state index in [1.807, 2.05) is 18.3 Å². The molecular formula is C24H28N4O. The lowest BCUT2D eigenvalue weighted by atomic mass is 9.85. The lowest BCUT2D eigenvalue weighted by Gasteiger charge is -2.21. The monoisotopic (exact) mass is 388 g/mol. The van der Waals surface area contributed by atoms with E-state index in [0.717, 1.165) is 36.5 Å². The summed E-state index contributed by atoms with van der Waals surface area (Å²) in [6.45, 7) is 6.24. The summed E-state index contributed by atoms with van der Waals surface area (Å²) >= 11 is 0. The number of carbonyl (C=O) groups excluding carboxylic acids is 1. The predicted molar refractivity (Wildman–Crippen MR) is 116 cm³/mol. The van der Waals surface area contributed by atoms with Crippen LogP contribution in [0.2, 0.25) is 0 Å². The summed E-state index contributed by atoms with van der Waals surface area (Å²) in [5, 5.41) is 6.41. The van der Waals surface area contributed by atoms with Gasteiger partial charge in [0.15, 0.2) is 0 Å². The maximum absolute atomic E-state index is 12.5. The van der Waals surface area contributed by atoms with Crippen molar-refractivity contribution in [3.8, 4) is 0 Å². The van der Waals surface area contributed by atoms with E-state index >= 15 is 0 Å². The van der Waals surface area contributed by atoms with Crippen LogP contribution in [-0.4, -0.2) is 29.0 Å². The lowest BCUT2D eigenvalue weighted by Crippen LogP contribution is -2.18. The highest BCUT2D eigenvalue weighted by Crippen LogP contribution is 2.34. The minimum atomic E-state index is 0.0354. The average Bonchev–Trinajstić information content (AvgIpc) is 3.40. The second kappa shape index (κ2) is 8.62. The van der Waals surface area contributed by atoms with Gasteiger partial charge in [-0.2, -0.15) is 0 Å². The Morgan fingerprint density at radius 3 is 2.86 bits per heavy atom. The Labute approximate surface area is 172 Å². The molecule has 2 unspecified atom stereocenters. The summed E-state index contributed by atoms with van der Waals surface area (Å²) in [4.78, 5) is 20.0. The first-order valence-corrected chi connectivity index (χ1v) is 10.3. The van der Waals surface area contributed by atoms with Crippen LogP contribution in [0.4, 0.5) is 5.69 Å². The van der Waals surface area contributed by atoms with Crippen LogP contribution in [0.5, 0.6) is 0 Å². The molecule has 1 amide bonds. The van der Waals surface area contributed by atoms with Gasteiger partial charge in [-0.1, -0.05) is 30.3 Å². The van der Waals surface area contributed by atoms with E-state index in [1.54, 1.807) is 6.33 Å². The number of aromatic nitrogens is 2. The SMILES string of the molecule is Cc1cccc(C(c2cccc(NC(=O)CC3CCNC3)c2)c2cnc[nH]2)c1C. The number of nitrogens with one attached hydrogen (secondary N) is 3. The number of carbonyl (C=O) groups is 1. The number of aromatic amines is 1. The standard InChI is InChI=1S/C24H28N4O/c1-16-5-3-8-21(17(16)2)24(22-14-26-15-27-22)19-6-4-7-20(12-19)28-23(29)11-18-9-10-25-13-18/h3-8,12,14-15,18,24-25H,9-11,13H2,1-2H3,(H,26,27)(H,28,29). The van der Waals surface area contributed by atoms with E-state index in [2.05, 4.69) is 64.8 Å². The van der Waals surface area contributed by atoms with Gasteiger partial charge in [0.25, 0.3) is 0 Å². The van der Waals surface area contributed by atoms with Crippen LogP contribution < -0.4 is 10.6 Å². The zero-order valence-corrected chi connectivity index (χ0v) is 17.0. The van der Waals surface area contributed by atoms with Gasteiger partial charge in [-0.3, -0.25) is 4.79 Å². The van der Waals surface area contributed by atoms with Gasteiger partial charge in [-0.25, -0.2) is 4.98 Å². The fourth-order valence-electron chi connectivity index (χ4n) is 4.20. The molecule has 3 aromatic rings. The third-order valence-electron chi connectivity index (χ3n) is 5.93. The first-order valence-electron chi connectivity index (χ1n) is 10.3. The lowest BCUT2D eigenvalue weighted by molar-refractivity contribution is -0.116. The summed E-state index contributed by atoms with van der Waals surface area (Å²) in [6, 6.07) is 14.6. The van der Waals surface area contributed by atoms with Crippen LogP contribution >= 0.6 is 0 Å². The molecule has 2 atom stereocenters.